The van der Waals surface area contributed by atoms with E-state index in [4.69, 9.17) is 0 Å². The van der Waals surface area contributed by atoms with Crippen molar-refractivity contribution in [1.82, 2.24) is 15.2 Å². The number of nitrogens with one attached hydrogen (secondary N) is 1. The zero-order chi connectivity index (χ0) is 15.6. The number of thiazole rings is 1. The molecule has 0 bridgehead atoms. The lowest BCUT2D eigenvalue weighted by atomic mass is 9.93. The lowest BCUT2D eigenvalue weighted by molar-refractivity contribution is 0.0435. The first kappa shape index (κ1) is 16.2. The number of carbonyl (C=O) groups is 1. The molecule has 2 unspecified atom stereocenters. The van der Waals surface area contributed by atoms with Crippen molar-refractivity contribution in [3.05, 3.63) is 16.1 Å². The van der Waals surface area contributed by atoms with Gasteiger partial charge in [0, 0.05) is 23.9 Å². The maximum Gasteiger partial charge on any atom is 0.317 e. The molecule has 1 aliphatic heterocycles. The molecule has 2 amide bonds. The van der Waals surface area contributed by atoms with Crippen molar-refractivity contribution >= 4 is 17.4 Å². The van der Waals surface area contributed by atoms with Crippen LogP contribution in [0.25, 0.3) is 0 Å². The number of likely N-dealkylation sites (tertiary alicyclic amines) is 1. The molecule has 0 saturated carbocycles. The van der Waals surface area contributed by atoms with Gasteiger partial charge < -0.3 is 15.3 Å². The predicted molar refractivity (Wildman–Crippen MR) is 84.4 cm³/mol. The van der Waals surface area contributed by atoms with Gasteiger partial charge in [-0.05, 0) is 12.3 Å². The van der Waals surface area contributed by atoms with Gasteiger partial charge in [0.2, 0.25) is 0 Å². The molecule has 0 radical (unpaired) electrons. The SMILES string of the molecule is CC1CCN(C(=O)NCc2nc(C(C)(C)C)cs2)CC1O. The summed E-state index contributed by atoms with van der Waals surface area (Å²) in [5.74, 6) is 0.266. The zero-order valence-electron chi connectivity index (χ0n) is 13.2. The second-order valence-electron chi connectivity index (χ2n) is 6.81. The predicted octanol–water partition coefficient (Wildman–Crippen LogP) is 2.35. The zero-order valence-corrected chi connectivity index (χ0v) is 14.0. The van der Waals surface area contributed by atoms with Crippen molar-refractivity contribution in [1.29, 1.82) is 0 Å². The Morgan fingerprint density at radius 2 is 2.29 bits per heavy atom. The van der Waals surface area contributed by atoms with Gasteiger partial charge in [-0.25, -0.2) is 9.78 Å². The molecule has 2 rings (SSSR count). The van der Waals surface area contributed by atoms with Crippen LogP contribution in [0.2, 0.25) is 0 Å². The Bertz CT molecular complexity index is 495. The molecule has 0 spiro atoms. The molecule has 21 heavy (non-hydrogen) atoms. The van der Waals surface area contributed by atoms with Crippen molar-refractivity contribution in [2.75, 3.05) is 13.1 Å². The van der Waals surface area contributed by atoms with E-state index in [1.165, 1.54) is 0 Å². The van der Waals surface area contributed by atoms with Gasteiger partial charge in [-0.1, -0.05) is 27.7 Å². The van der Waals surface area contributed by atoms with Crippen LogP contribution in [0.5, 0.6) is 0 Å². The van der Waals surface area contributed by atoms with E-state index in [2.05, 4.69) is 31.1 Å². The van der Waals surface area contributed by atoms with Crippen LogP contribution in [-0.2, 0) is 12.0 Å². The standard InChI is InChI=1S/C15H25N3O2S/c1-10-5-6-18(8-11(10)19)14(20)16-7-13-17-12(9-21-13)15(2,3)4/h9-11,19H,5-8H2,1-4H3,(H,16,20). The quantitative estimate of drug-likeness (QED) is 0.881. The van der Waals surface area contributed by atoms with Crippen molar-refractivity contribution in [3.8, 4) is 0 Å². The van der Waals surface area contributed by atoms with E-state index < -0.39 is 6.10 Å². The Labute approximate surface area is 130 Å². The van der Waals surface area contributed by atoms with Gasteiger partial charge in [0.05, 0.1) is 18.3 Å². The van der Waals surface area contributed by atoms with E-state index in [9.17, 15) is 9.90 Å². The van der Waals surface area contributed by atoms with Crippen LogP contribution in [0.15, 0.2) is 5.38 Å². The lowest BCUT2D eigenvalue weighted by Gasteiger charge is -2.34. The summed E-state index contributed by atoms with van der Waals surface area (Å²) in [5, 5.41) is 15.7. The van der Waals surface area contributed by atoms with E-state index in [1.807, 2.05) is 12.3 Å². The van der Waals surface area contributed by atoms with Crippen LogP contribution in [0.1, 0.15) is 44.8 Å². The first-order valence-corrected chi connectivity index (χ1v) is 8.31. The van der Waals surface area contributed by atoms with Gasteiger partial charge in [0.15, 0.2) is 0 Å². The Balaban J connectivity index is 1.85. The number of aliphatic hydroxyl groups excluding tert-OH is 1. The molecule has 2 N–H and O–H groups in total. The van der Waals surface area contributed by atoms with Crippen LogP contribution in [0.4, 0.5) is 4.79 Å². The number of rotatable bonds is 2. The summed E-state index contributed by atoms with van der Waals surface area (Å²) in [4.78, 5) is 18.4. The van der Waals surface area contributed by atoms with Gasteiger partial charge in [-0.3, -0.25) is 0 Å². The monoisotopic (exact) mass is 311 g/mol. The van der Waals surface area contributed by atoms with Crippen molar-refractivity contribution in [3.63, 3.8) is 0 Å². The summed E-state index contributed by atoms with van der Waals surface area (Å²) < 4.78 is 0. The molecule has 0 aromatic carbocycles. The molecule has 6 heteroatoms. The largest absolute Gasteiger partial charge is 0.391 e. The summed E-state index contributed by atoms with van der Waals surface area (Å²) in [6, 6.07) is -0.117. The summed E-state index contributed by atoms with van der Waals surface area (Å²) in [5.41, 5.74) is 1.09. The van der Waals surface area contributed by atoms with Crippen molar-refractivity contribution < 1.29 is 9.90 Å². The minimum Gasteiger partial charge on any atom is -0.391 e. The molecule has 1 aliphatic rings. The summed E-state index contributed by atoms with van der Waals surface area (Å²) >= 11 is 1.57. The number of amides is 2. The Morgan fingerprint density at radius 1 is 1.57 bits per heavy atom. The lowest BCUT2D eigenvalue weighted by Crippen LogP contribution is -2.49. The maximum absolute atomic E-state index is 12.1. The highest BCUT2D eigenvalue weighted by atomic mass is 32.1. The summed E-state index contributed by atoms with van der Waals surface area (Å²) in [7, 11) is 0. The van der Waals surface area contributed by atoms with Gasteiger partial charge in [0.1, 0.15) is 5.01 Å². The van der Waals surface area contributed by atoms with Gasteiger partial charge >= 0.3 is 6.03 Å². The highest BCUT2D eigenvalue weighted by Crippen LogP contribution is 2.24. The van der Waals surface area contributed by atoms with E-state index in [0.29, 0.717) is 19.6 Å². The number of hydrogen-bond donors (Lipinski definition) is 2. The minimum absolute atomic E-state index is 0.0336. The fourth-order valence-electron chi connectivity index (χ4n) is 2.23. The number of urea groups is 1. The van der Waals surface area contributed by atoms with E-state index >= 15 is 0 Å². The highest BCUT2D eigenvalue weighted by molar-refractivity contribution is 7.09. The van der Waals surface area contributed by atoms with Gasteiger partial charge in [0.25, 0.3) is 0 Å². The van der Waals surface area contributed by atoms with Gasteiger partial charge in [-0.2, -0.15) is 0 Å². The Kier molecular flexibility index (Phi) is 4.88. The third kappa shape index (κ3) is 4.17. The number of aromatic nitrogens is 1. The molecule has 0 aliphatic carbocycles. The van der Waals surface area contributed by atoms with Crippen molar-refractivity contribution in [2.24, 2.45) is 5.92 Å². The number of piperidine rings is 1. The molecular formula is C15H25N3O2S. The fourth-order valence-corrected chi connectivity index (χ4v) is 3.19. The molecule has 1 aromatic heterocycles. The molecule has 2 heterocycles. The Morgan fingerprint density at radius 3 is 2.86 bits per heavy atom. The average molecular weight is 311 g/mol. The van der Waals surface area contributed by atoms with Crippen molar-refractivity contribution in [2.45, 2.75) is 52.2 Å². The normalized spacial score (nSPS) is 23.2. The highest BCUT2D eigenvalue weighted by Gasteiger charge is 2.27. The number of hydrogen-bond acceptors (Lipinski definition) is 4. The molecule has 1 aromatic rings. The first-order valence-electron chi connectivity index (χ1n) is 7.43. The van der Waals surface area contributed by atoms with Crippen LogP contribution in [0, 0.1) is 5.92 Å². The topological polar surface area (TPSA) is 65.5 Å². The maximum atomic E-state index is 12.1. The van der Waals surface area contributed by atoms with Crippen LogP contribution < -0.4 is 5.32 Å². The second kappa shape index (κ2) is 6.32. The molecule has 1 fully saturated rings. The minimum atomic E-state index is -0.420. The number of β-amino-alcohol motifs (C(OH)–C–C–N with tert-alkyl or cyclic N) is 1. The van der Waals surface area contributed by atoms with Crippen LogP contribution >= 0.6 is 11.3 Å². The number of nitrogens with zero attached hydrogens (tertiary/aromatic N) is 2. The molecule has 1 saturated heterocycles. The van der Waals surface area contributed by atoms with E-state index in [0.717, 1.165) is 17.1 Å². The van der Waals surface area contributed by atoms with Crippen LogP contribution in [-0.4, -0.2) is 40.2 Å². The third-order valence-corrected chi connectivity index (χ3v) is 4.77. The van der Waals surface area contributed by atoms with E-state index in [1.54, 1.807) is 16.2 Å². The van der Waals surface area contributed by atoms with Gasteiger partial charge in [-0.15, -0.1) is 11.3 Å². The van der Waals surface area contributed by atoms with E-state index in [-0.39, 0.29) is 17.4 Å². The molecule has 118 valence electrons. The smallest absolute Gasteiger partial charge is 0.317 e. The second-order valence-corrected chi connectivity index (χ2v) is 7.76. The fraction of sp³-hybridized carbons (Fsp3) is 0.733. The molecule has 5 nitrogen and oxygen atoms in total. The molecular weight excluding hydrogens is 286 g/mol. The molecule has 2 atom stereocenters. The summed E-state index contributed by atoms with van der Waals surface area (Å²) in [6.07, 6.45) is 0.428. The number of aliphatic hydroxyl groups is 1. The Hall–Kier alpha value is -1.14. The van der Waals surface area contributed by atoms with Crippen LogP contribution in [0.3, 0.4) is 0 Å². The average Bonchev–Trinajstić information content (AvgIpc) is 2.88. The number of carbonyl (C=O) groups excluding carboxylic acids is 1. The third-order valence-electron chi connectivity index (χ3n) is 3.92. The summed E-state index contributed by atoms with van der Waals surface area (Å²) in [6.45, 7) is 9.96. The first-order chi connectivity index (χ1) is 9.77.